The highest BCUT2D eigenvalue weighted by molar-refractivity contribution is 5.76. The summed E-state index contributed by atoms with van der Waals surface area (Å²) >= 11 is 0. The van der Waals surface area contributed by atoms with Crippen LogP contribution in [-0.4, -0.2) is 37.0 Å². The van der Waals surface area contributed by atoms with Crippen molar-refractivity contribution in [2.75, 3.05) is 26.2 Å². The predicted molar refractivity (Wildman–Crippen MR) is 95.2 cm³/mol. The molecule has 23 heavy (non-hydrogen) atoms. The molecule has 1 aliphatic heterocycles. The standard InChI is InChI=1S/C19H31N3O/c1-15(2)17-6-4-16(5-7-17)14-21-10-3-11-22-12-8-18(9-13-22)19(20)23/h4-7,15,18,21H,3,8-14H2,1-2H3,(H2,20,23). The zero-order valence-corrected chi connectivity index (χ0v) is 14.6. The Kier molecular flexibility index (Phi) is 7.06. The summed E-state index contributed by atoms with van der Waals surface area (Å²) < 4.78 is 0. The Morgan fingerprint density at radius 3 is 2.48 bits per heavy atom. The molecule has 128 valence electrons. The Labute approximate surface area is 140 Å². The first-order valence-electron chi connectivity index (χ1n) is 8.87. The van der Waals surface area contributed by atoms with Crippen LogP contribution in [0.25, 0.3) is 0 Å². The number of nitrogens with zero attached hydrogens (tertiary/aromatic N) is 1. The molecule has 2 rings (SSSR count). The summed E-state index contributed by atoms with van der Waals surface area (Å²) in [6.45, 7) is 9.52. The Bertz CT molecular complexity index is 476. The molecule has 1 heterocycles. The molecule has 0 radical (unpaired) electrons. The molecule has 1 amide bonds. The van der Waals surface area contributed by atoms with Crippen LogP contribution in [0, 0.1) is 5.92 Å². The van der Waals surface area contributed by atoms with Crippen LogP contribution in [0.4, 0.5) is 0 Å². The van der Waals surface area contributed by atoms with E-state index in [0.717, 1.165) is 52.0 Å². The SMILES string of the molecule is CC(C)c1ccc(CNCCCN2CCC(C(N)=O)CC2)cc1. The average Bonchev–Trinajstić information content (AvgIpc) is 2.55. The van der Waals surface area contributed by atoms with Crippen molar-refractivity contribution in [2.24, 2.45) is 11.7 Å². The number of rotatable bonds is 8. The van der Waals surface area contributed by atoms with Gasteiger partial charge >= 0.3 is 0 Å². The molecule has 1 aromatic rings. The van der Waals surface area contributed by atoms with Gasteiger partial charge in [-0.2, -0.15) is 0 Å². The van der Waals surface area contributed by atoms with E-state index in [9.17, 15) is 4.79 Å². The molecule has 1 fully saturated rings. The first kappa shape index (κ1) is 18.0. The van der Waals surface area contributed by atoms with Gasteiger partial charge in [-0.3, -0.25) is 4.79 Å². The molecule has 0 spiro atoms. The third-order valence-corrected chi connectivity index (χ3v) is 4.79. The first-order valence-corrected chi connectivity index (χ1v) is 8.87. The normalized spacial score (nSPS) is 16.8. The number of piperidine rings is 1. The smallest absolute Gasteiger partial charge is 0.220 e. The Balaban J connectivity index is 1.57. The summed E-state index contributed by atoms with van der Waals surface area (Å²) in [5.41, 5.74) is 8.11. The van der Waals surface area contributed by atoms with Gasteiger partial charge in [0.1, 0.15) is 0 Å². The van der Waals surface area contributed by atoms with Gasteiger partial charge in [0.2, 0.25) is 5.91 Å². The Morgan fingerprint density at radius 2 is 1.91 bits per heavy atom. The quantitative estimate of drug-likeness (QED) is 0.724. The fraction of sp³-hybridized carbons (Fsp3) is 0.632. The molecule has 0 aliphatic carbocycles. The van der Waals surface area contributed by atoms with Gasteiger partial charge in [0.25, 0.3) is 0 Å². The number of likely N-dealkylation sites (tertiary alicyclic amines) is 1. The second-order valence-corrected chi connectivity index (χ2v) is 6.94. The van der Waals surface area contributed by atoms with E-state index in [4.69, 9.17) is 5.73 Å². The van der Waals surface area contributed by atoms with Gasteiger partial charge in [0.05, 0.1) is 0 Å². The van der Waals surface area contributed by atoms with Gasteiger partial charge < -0.3 is 16.0 Å². The van der Waals surface area contributed by atoms with Gasteiger partial charge in [-0.15, -0.1) is 0 Å². The summed E-state index contributed by atoms with van der Waals surface area (Å²) in [6.07, 6.45) is 2.99. The lowest BCUT2D eigenvalue weighted by Crippen LogP contribution is -2.39. The van der Waals surface area contributed by atoms with E-state index < -0.39 is 0 Å². The summed E-state index contributed by atoms with van der Waals surface area (Å²) in [6, 6.07) is 8.89. The highest BCUT2D eigenvalue weighted by Crippen LogP contribution is 2.16. The monoisotopic (exact) mass is 317 g/mol. The number of nitrogens with two attached hydrogens (primary N) is 1. The lowest BCUT2D eigenvalue weighted by molar-refractivity contribution is -0.123. The van der Waals surface area contributed by atoms with Gasteiger partial charge in [-0.25, -0.2) is 0 Å². The van der Waals surface area contributed by atoms with Crippen molar-refractivity contribution < 1.29 is 4.79 Å². The van der Waals surface area contributed by atoms with Crippen LogP contribution in [-0.2, 0) is 11.3 Å². The van der Waals surface area contributed by atoms with Crippen molar-refractivity contribution in [1.82, 2.24) is 10.2 Å². The minimum absolute atomic E-state index is 0.0955. The summed E-state index contributed by atoms with van der Waals surface area (Å²) in [7, 11) is 0. The van der Waals surface area contributed by atoms with E-state index in [1.807, 2.05) is 0 Å². The number of amides is 1. The molecule has 1 aliphatic rings. The van der Waals surface area contributed by atoms with Crippen molar-refractivity contribution in [3.8, 4) is 0 Å². The molecule has 3 N–H and O–H groups in total. The van der Waals surface area contributed by atoms with Crippen molar-refractivity contribution in [3.05, 3.63) is 35.4 Å². The van der Waals surface area contributed by atoms with Gasteiger partial charge in [0.15, 0.2) is 0 Å². The molecule has 0 unspecified atom stereocenters. The largest absolute Gasteiger partial charge is 0.369 e. The molecule has 4 heteroatoms. The van der Waals surface area contributed by atoms with Crippen LogP contribution >= 0.6 is 0 Å². The predicted octanol–water partition coefficient (Wildman–Crippen LogP) is 2.49. The van der Waals surface area contributed by atoms with E-state index in [1.165, 1.54) is 11.1 Å². The Hall–Kier alpha value is -1.39. The van der Waals surface area contributed by atoms with E-state index in [2.05, 4.69) is 48.3 Å². The second kappa shape index (κ2) is 9.04. The number of carbonyl (C=O) groups is 1. The van der Waals surface area contributed by atoms with Crippen molar-refractivity contribution in [3.63, 3.8) is 0 Å². The van der Waals surface area contributed by atoms with E-state index in [-0.39, 0.29) is 11.8 Å². The first-order chi connectivity index (χ1) is 11.1. The topological polar surface area (TPSA) is 58.4 Å². The number of primary amides is 1. The molecule has 0 aromatic heterocycles. The lowest BCUT2D eigenvalue weighted by atomic mass is 9.96. The second-order valence-electron chi connectivity index (χ2n) is 6.94. The number of nitrogens with one attached hydrogen (secondary N) is 1. The van der Waals surface area contributed by atoms with Crippen LogP contribution in [0.15, 0.2) is 24.3 Å². The van der Waals surface area contributed by atoms with Crippen LogP contribution in [0.3, 0.4) is 0 Å². The maximum atomic E-state index is 11.1. The minimum atomic E-state index is -0.130. The van der Waals surface area contributed by atoms with Crippen LogP contribution in [0.2, 0.25) is 0 Å². The zero-order valence-electron chi connectivity index (χ0n) is 14.6. The minimum Gasteiger partial charge on any atom is -0.369 e. The van der Waals surface area contributed by atoms with Gasteiger partial charge in [0, 0.05) is 12.5 Å². The molecular formula is C19H31N3O. The summed E-state index contributed by atoms with van der Waals surface area (Å²) in [5.74, 6) is 0.559. The summed E-state index contributed by atoms with van der Waals surface area (Å²) in [5, 5.41) is 3.52. The van der Waals surface area contributed by atoms with Crippen LogP contribution in [0.5, 0.6) is 0 Å². The fourth-order valence-corrected chi connectivity index (χ4v) is 3.12. The fourth-order valence-electron chi connectivity index (χ4n) is 3.12. The highest BCUT2D eigenvalue weighted by atomic mass is 16.1. The molecule has 4 nitrogen and oxygen atoms in total. The number of carbonyl (C=O) groups excluding carboxylic acids is 1. The van der Waals surface area contributed by atoms with Crippen molar-refractivity contribution >= 4 is 5.91 Å². The molecule has 0 bridgehead atoms. The summed E-state index contributed by atoms with van der Waals surface area (Å²) in [4.78, 5) is 13.6. The average molecular weight is 317 g/mol. The highest BCUT2D eigenvalue weighted by Gasteiger charge is 2.22. The Morgan fingerprint density at radius 1 is 1.26 bits per heavy atom. The third-order valence-electron chi connectivity index (χ3n) is 4.79. The molecule has 1 saturated heterocycles. The molecule has 1 aromatic carbocycles. The van der Waals surface area contributed by atoms with Crippen molar-refractivity contribution in [1.29, 1.82) is 0 Å². The van der Waals surface area contributed by atoms with E-state index in [0.29, 0.717) is 5.92 Å². The molecule has 0 saturated carbocycles. The number of hydrogen-bond donors (Lipinski definition) is 2. The van der Waals surface area contributed by atoms with Crippen molar-refractivity contribution in [2.45, 2.75) is 45.6 Å². The van der Waals surface area contributed by atoms with Crippen LogP contribution in [0.1, 0.15) is 50.2 Å². The lowest BCUT2D eigenvalue weighted by Gasteiger charge is -2.30. The third kappa shape index (κ3) is 5.96. The molecular weight excluding hydrogens is 286 g/mol. The number of benzene rings is 1. The zero-order chi connectivity index (χ0) is 16.7. The maximum absolute atomic E-state index is 11.1. The van der Waals surface area contributed by atoms with E-state index in [1.54, 1.807) is 0 Å². The van der Waals surface area contributed by atoms with Gasteiger partial charge in [-0.05, 0) is 62.5 Å². The van der Waals surface area contributed by atoms with Crippen LogP contribution < -0.4 is 11.1 Å². The van der Waals surface area contributed by atoms with E-state index >= 15 is 0 Å². The van der Waals surface area contributed by atoms with Gasteiger partial charge in [-0.1, -0.05) is 38.1 Å². The molecule has 0 atom stereocenters. The maximum Gasteiger partial charge on any atom is 0.220 e. The number of hydrogen-bond acceptors (Lipinski definition) is 3.